The number of carbonyl (C=O) groups is 2. The minimum Gasteiger partial charge on any atom is -0.355 e. The molecule has 2 aromatic carbocycles. The number of imidazole rings is 1. The fourth-order valence-corrected chi connectivity index (χ4v) is 3.66. The van der Waals surface area contributed by atoms with E-state index in [1.54, 1.807) is 11.0 Å². The summed E-state index contributed by atoms with van der Waals surface area (Å²) in [5.41, 5.74) is 2.58. The molecule has 0 saturated carbocycles. The first kappa shape index (κ1) is 22.8. The highest BCUT2D eigenvalue weighted by atomic mass is 35.5. The number of fused-ring (bicyclic) bond motifs is 1. The topological polar surface area (TPSA) is 67.2 Å². The summed E-state index contributed by atoms with van der Waals surface area (Å²) in [6, 6.07) is 15.1. The van der Waals surface area contributed by atoms with Crippen LogP contribution in [0.1, 0.15) is 31.2 Å². The average molecular weight is 441 g/mol. The molecule has 0 saturated heterocycles. The zero-order valence-electron chi connectivity index (χ0n) is 18.1. The standard InChI is InChI=1S/C24H29ClN4O2/c1-3-4-15-28(2)24(31)17-29-21-12-8-7-11-20(21)27-22(29)13-14-26-23(30)16-18-9-5-6-10-19(18)25/h5-12H,3-4,13-17H2,1-2H3,(H,26,30). The van der Waals surface area contributed by atoms with Crippen molar-refractivity contribution in [2.24, 2.45) is 0 Å². The van der Waals surface area contributed by atoms with E-state index in [4.69, 9.17) is 16.6 Å². The summed E-state index contributed by atoms with van der Waals surface area (Å²) in [6.45, 7) is 3.53. The maximum Gasteiger partial charge on any atom is 0.242 e. The minimum absolute atomic E-state index is 0.0561. The molecule has 0 aliphatic carbocycles. The van der Waals surface area contributed by atoms with Crippen LogP contribution in [0.3, 0.4) is 0 Å². The van der Waals surface area contributed by atoms with Gasteiger partial charge in [-0.05, 0) is 30.2 Å². The first-order valence-electron chi connectivity index (χ1n) is 10.7. The fourth-order valence-electron chi connectivity index (χ4n) is 3.46. The molecular weight excluding hydrogens is 412 g/mol. The summed E-state index contributed by atoms with van der Waals surface area (Å²) < 4.78 is 1.96. The number of para-hydroxylation sites is 2. The molecule has 0 unspecified atom stereocenters. The Balaban J connectivity index is 1.66. The van der Waals surface area contributed by atoms with Crippen LogP contribution in [0.4, 0.5) is 0 Å². The lowest BCUT2D eigenvalue weighted by molar-refractivity contribution is -0.130. The van der Waals surface area contributed by atoms with Gasteiger partial charge < -0.3 is 14.8 Å². The Hall–Kier alpha value is -2.86. The molecule has 0 spiro atoms. The number of nitrogens with zero attached hydrogens (tertiary/aromatic N) is 3. The van der Waals surface area contributed by atoms with E-state index in [9.17, 15) is 9.59 Å². The normalized spacial score (nSPS) is 10.9. The van der Waals surface area contributed by atoms with Crippen molar-refractivity contribution in [1.82, 2.24) is 19.8 Å². The quantitative estimate of drug-likeness (QED) is 0.520. The van der Waals surface area contributed by atoms with Crippen molar-refractivity contribution in [3.8, 4) is 0 Å². The Labute approximate surface area is 188 Å². The van der Waals surface area contributed by atoms with E-state index in [1.807, 2.05) is 54.1 Å². The van der Waals surface area contributed by atoms with E-state index >= 15 is 0 Å². The van der Waals surface area contributed by atoms with E-state index in [0.29, 0.717) is 18.0 Å². The second-order valence-corrected chi connectivity index (χ2v) is 8.05. The average Bonchev–Trinajstić information content (AvgIpc) is 3.11. The number of nitrogens with one attached hydrogen (secondary N) is 1. The molecule has 1 N–H and O–H groups in total. The Kier molecular flexibility index (Phi) is 8.06. The van der Waals surface area contributed by atoms with Crippen LogP contribution in [0.2, 0.25) is 5.02 Å². The van der Waals surface area contributed by atoms with Crippen molar-refractivity contribution in [2.45, 2.75) is 39.2 Å². The van der Waals surface area contributed by atoms with Gasteiger partial charge in [-0.3, -0.25) is 9.59 Å². The molecule has 0 bridgehead atoms. The van der Waals surface area contributed by atoms with Gasteiger partial charge >= 0.3 is 0 Å². The van der Waals surface area contributed by atoms with E-state index < -0.39 is 0 Å². The molecular formula is C24H29ClN4O2. The van der Waals surface area contributed by atoms with Gasteiger partial charge in [-0.1, -0.05) is 55.3 Å². The summed E-state index contributed by atoms with van der Waals surface area (Å²) in [6.07, 6.45) is 2.80. The maximum absolute atomic E-state index is 12.7. The molecule has 7 heteroatoms. The van der Waals surface area contributed by atoms with Crippen molar-refractivity contribution in [1.29, 1.82) is 0 Å². The van der Waals surface area contributed by atoms with Crippen LogP contribution in [0.5, 0.6) is 0 Å². The van der Waals surface area contributed by atoms with Crippen molar-refractivity contribution in [2.75, 3.05) is 20.1 Å². The fraction of sp³-hybridized carbons (Fsp3) is 0.375. The first-order chi connectivity index (χ1) is 15.0. The maximum atomic E-state index is 12.7. The molecule has 3 aromatic rings. The number of likely N-dealkylation sites (N-methyl/N-ethyl adjacent to an activating group) is 1. The number of benzene rings is 2. The highest BCUT2D eigenvalue weighted by Crippen LogP contribution is 2.17. The molecule has 6 nitrogen and oxygen atoms in total. The number of hydrogen-bond acceptors (Lipinski definition) is 3. The Morgan fingerprint density at radius 3 is 2.65 bits per heavy atom. The monoisotopic (exact) mass is 440 g/mol. The van der Waals surface area contributed by atoms with Crippen LogP contribution < -0.4 is 5.32 Å². The molecule has 1 heterocycles. The third kappa shape index (κ3) is 6.07. The van der Waals surface area contributed by atoms with Gasteiger partial charge in [0.25, 0.3) is 0 Å². The van der Waals surface area contributed by atoms with E-state index in [0.717, 1.165) is 41.8 Å². The predicted octanol–water partition coefficient (Wildman–Crippen LogP) is 3.85. The van der Waals surface area contributed by atoms with Crippen LogP contribution in [-0.4, -0.2) is 46.4 Å². The molecule has 31 heavy (non-hydrogen) atoms. The minimum atomic E-state index is -0.0915. The van der Waals surface area contributed by atoms with Crippen LogP contribution >= 0.6 is 11.6 Å². The largest absolute Gasteiger partial charge is 0.355 e. The van der Waals surface area contributed by atoms with E-state index in [2.05, 4.69) is 12.2 Å². The number of unbranched alkanes of at least 4 members (excludes halogenated alkanes) is 1. The third-order valence-electron chi connectivity index (χ3n) is 5.28. The molecule has 2 amide bonds. The number of aromatic nitrogens is 2. The highest BCUT2D eigenvalue weighted by Gasteiger charge is 2.16. The van der Waals surface area contributed by atoms with Gasteiger partial charge in [-0.15, -0.1) is 0 Å². The van der Waals surface area contributed by atoms with Crippen molar-refractivity contribution in [3.05, 3.63) is 64.9 Å². The number of halogens is 1. The second-order valence-electron chi connectivity index (χ2n) is 7.64. The highest BCUT2D eigenvalue weighted by molar-refractivity contribution is 6.31. The molecule has 0 atom stereocenters. The molecule has 3 rings (SSSR count). The van der Waals surface area contributed by atoms with Crippen molar-refractivity contribution in [3.63, 3.8) is 0 Å². The second kappa shape index (κ2) is 11.0. The van der Waals surface area contributed by atoms with Gasteiger partial charge in [0.2, 0.25) is 11.8 Å². The third-order valence-corrected chi connectivity index (χ3v) is 5.65. The number of hydrogen-bond donors (Lipinski definition) is 1. The number of rotatable bonds is 10. The summed E-state index contributed by atoms with van der Waals surface area (Å²) in [7, 11) is 1.84. The molecule has 0 aliphatic rings. The summed E-state index contributed by atoms with van der Waals surface area (Å²) in [4.78, 5) is 31.5. The number of amides is 2. The molecule has 164 valence electrons. The Morgan fingerprint density at radius 1 is 1.13 bits per heavy atom. The lowest BCUT2D eigenvalue weighted by Crippen LogP contribution is -2.32. The van der Waals surface area contributed by atoms with Crippen LogP contribution in [0.25, 0.3) is 11.0 Å². The zero-order chi connectivity index (χ0) is 22.2. The van der Waals surface area contributed by atoms with E-state index in [1.165, 1.54) is 0 Å². The summed E-state index contributed by atoms with van der Waals surface area (Å²) in [5, 5.41) is 3.52. The van der Waals surface area contributed by atoms with Gasteiger partial charge in [0.05, 0.1) is 17.5 Å². The van der Waals surface area contributed by atoms with Crippen LogP contribution in [0.15, 0.2) is 48.5 Å². The van der Waals surface area contributed by atoms with E-state index in [-0.39, 0.29) is 24.8 Å². The first-order valence-corrected chi connectivity index (χ1v) is 11.1. The van der Waals surface area contributed by atoms with Crippen LogP contribution in [0, 0.1) is 0 Å². The summed E-state index contributed by atoms with van der Waals surface area (Å²) in [5.74, 6) is 0.753. The molecule has 1 aromatic heterocycles. The van der Waals surface area contributed by atoms with Gasteiger partial charge in [-0.2, -0.15) is 0 Å². The van der Waals surface area contributed by atoms with Gasteiger partial charge in [0.1, 0.15) is 12.4 Å². The Morgan fingerprint density at radius 2 is 1.87 bits per heavy atom. The van der Waals surface area contributed by atoms with Gasteiger partial charge in [0, 0.05) is 31.6 Å². The molecule has 0 radical (unpaired) electrons. The SMILES string of the molecule is CCCCN(C)C(=O)Cn1c(CCNC(=O)Cc2ccccc2Cl)nc2ccccc21. The zero-order valence-corrected chi connectivity index (χ0v) is 18.9. The van der Waals surface area contributed by atoms with Gasteiger partial charge in [-0.25, -0.2) is 4.98 Å². The number of carbonyl (C=O) groups excluding carboxylic acids is 2. The molecule has 0 fully saturated rings. The lowest BCUT2D eigenvalue weighted by atomic mass is 10.1. The van der Waals surface area contributed by atoms with Gasteiger partial charge in [0.15, 0.2) is 0 Å². The summed E-state index contributed by atoms with van der Waals surface area (Å²) >= 11 is 6.14. The van der Waals surface area contributed by atoms with Crippen molar-refractivity contribution < 1.29 is 9.59 Å². The smallest absolute Gasteiger partial charge is 0.242 e. The Bertz CT molecular complexity index is 1050. The van der Waals surface area contributed by atoms with Crippen LogP contribution in [-0.2, 0) is 29.0 Å². The predicted molar refractivity (Wildman–Crippen MR) is 124 cm³/mol. The van der Waals surface area contributed by atoms with Crippen molar-refractivity contribution >= 4 is 34.4 Å². The molecule has 0 aliphatic heterocycles. The lowest BCUT2D eigenvalue weighted by Gasteiger charge is -2.18.